The van der Waals surface area contributed by atoms with Gasteiger partial charge in [-0.25, -0.2) is 0 Å². The lowest BCUT2D eigenvalue weighted by Gasteiger charge is -2.16. The van der Waals surface area contributed by atoms with Crippen LogP contribution in [0, 0.1) is 5.92 Å². The summed E-state index contributed by atoms with van der Waals surface area (Å²) in [7, 11) is 0. The zero-order chi connectivity index (χ0) is 11.1. The summed E-state index contributed by atoms with van der Waals surface area (Å²) in [5.74, 6) is 0.512. The molecule has 82 valence electrons. The minimum absolute atomic E-state index is 0.230. The summed E-state index contributed by atoms with van der Waals surface area (Å²) in [6, 6.07) is 3.81. The number of hydrogen-bond acceptors (Lipinski definition) is 3. The topological polar surface area (TPSA) is 33.2 Å². The van der Waals surface area contributed by atoms with Crippen molar-refractivity contribution >= 4 is 27.8 Å². The minimum atomic E-state index is 0.230. The van der Waals surface area contributed by atoms with E-state index in [1.165, 1.54) is 0 Å². The Bertz CT molecular complexity index is 484. The number of fused-ring (bicyclic) bond motifs is 2. The highest BCUT2D eigenvalue weighted by Crippen LogP contribution is 2.33. The molecule has 2 aliphatic heterocycles. The van der Waals surface area contributed by atoms with Gasteiger partial charge in [0.1, 0.15) is 0 Å². The first-order chi connectivity index (χ1) is 7.75. The van der Waals surface area contributed by atoms with E-state index in [2.05, 4.69) is 25.8 Å². The maximum atomic E-state index is 11.9. The van der Waals surface area contributed by atoms with Crippen LogP contribution in [0.4, 0.5) is 0 Å². The lowest BCUT2D eigenvalue weighted by molar-refractivity contribution is -0.118. The van der Waals surface area contributed by atoms with Crippen molar-refractivity contribution in [1.82, 2.24) is 9.88 Å². The first-order valence-electron chi connectivity index (χ1n) is 5.37. The molecule has 2 saturated heterocycles. The molecule has 3 nitrogen and oxygen atoms in total. The molecule has 0 saturated carbocycles. The second-order valence-corrected chi connectivity index (χ2v) is 5.05. The molecule has 1 aromatic rings. The molecule has 2 aliphatic rings. The molecule has 0 aromatic carbocycles. The van der Waals surface area contributed by atoms with Gasteiger partial charge in [0, 0.05) is 29.7 Å². The average Bonchev–Trinajstić information content (AvgIpc) is 2.85. The van der Waals surface area contributed by atoms with Gasteiger partial charge in [-0.3, -0.25) is 9.78 Å². The second-order valence-electron chi connectivity index (χ2n) is 4.20. The third kappa shape index (κ3) is 1.48. The summed E-state index contributed by atoms with van der Waals surface area (Å²) in [4.78, 5) is 18.3. The van der Waals surface area contributed by atoms with E-state index >= 15 is 0 Å². The summed E-state index contributed by atoms with van der Waals surface area (Å²) in [6.45, 7) is 1.90. The van der Waals surface area contributed by atoms with Crippen LogP contribution < -0.4 is 0 Å². The van der Waals surface area contributed by atoms with Crippen molar-refractivity contribution < 1.29 is 4.79 Å². The zero-order valence-corrected chi connectivity index (χ0v) is 10.3. The fourth-order valence-electron chi connectivity index (χ4n) is 2.35. The first kappa shape index (κ1) is 10.0. The quantitative estimate of drug-likeness (QED) is 0.738. The van der Waals surface area contributed by atoms with Gasteiger partial charge in [-0.15, -0.1) is 0 Å². The van der Waals surface area contributed by atoms with Gasteiger partial charge in [0.15, 0.2) is 5.78 Å². The molecular formula is C12H11BrN2O. The number of aromatic nitrogens is 1. The van der Waals surface area contributed by atoms with Crippen LogP contribution in [0.2, 0.25) is 0 Å². The predicted molar refractivity (Wildman–Crippen MR) is 64.6 cm³/mol. The number of rotatable bonds is 1. The van der Waals surface area contributed by atoms with Gasteiger partial charge in [0.05, 0.1) is 11.4 Å². The van der Waals surface area contributed by atoms with E-state index in [0.29, 0.717) is 0 Å². The fourth-order valence-corrected chi connectivity index (χ4v) is 2.72. The molecule has 3 rings (SSSR count). The molecule has 2 bridgehead atoms. The zero-order valence-electron chi connectivity index (χ0n) is 8.69. The van der Waals surface area contributed by atoms with Gasteiger partial charge in [-0.1, -0.05) is 0 Å². The molecule has 2 fully saturated rings. The normalized spacial score (nSPS) is 25.8. The lowest BCUT2D eigenvalue weighted by atomic mass is 10.0. The Labute approximate surface area is 102 Å². The Hall–Kier alpha value is -1.16. The largest absolute Gasteiger partial charge is 0.368 e. The smallest absolute Gasteiger partial charge is 0.183 e. The van der Waals surface area contributed by atoms with Gasteiger partial charge in [-0.05, 0) is 40.6 Å². The summed E-state index contributed by atoms with van der Waals surface area (Å²) in [5.41, 5.74) is 1.66. The molecule has 0 spiro atoms. The van der Waals surface area contributed by atoms with E-state index in [-0.39, 0.29) is 11.7 Å². The lowest BCUT2D eigenvalue weighted by Crippen LogP contribution is -2.21. The Kier molecular flexibility index (Phi) is 2.32. The highest BCUT2D eigenvalue weighted by Gasteiger charge is 2.40. The Morgan fingerprint density at radius 2 is 2.44 bits per heavy atom. The number of ketones is 1. The number of Topliss-reactive ketones (excluding diaryl/α,β-unsaturated/α-hetero) is 1. The molecule has 1 unspecified atom stereocenters. The maximum Gasteiger partial charge on any atom is 0.183 e. The van der Waals surface area contributed by atoms with E-state index in [0.717, 1.165) is 35.4 Å². The summed E-state index contributed by atoms with van der Waals surface area (Å²) in [5, 5.41) is 0. The van der Waals surface area contributed by atoms with Crippen LogP contribution in [0.25, 0.3) is 6.08 Å². The number of piperidine rings is 1. The number of hydrogen-bond donors (Lipinski definition) is 0. The molecule has 3 heterocycles. The summed E-state index contributed by atoms with van der Waals surface area (Å²) < 4.78 is 0.930. The number of pyridine rings is 1. The van der Waals surface area contributed by atoms with Crippen LogP contribution >= 0.6 is 15.9 Å². The Morgan fingerprint density at radius 1 is 1.56 bits per heavy atom. The van der Waals surface area contributed by atoms with Crippen LogP contribution in [0.15, 0.2) is 28.5 Å². The number of nitrogens with zero attached hydrogens (tertiary/aromatic N) is 2. The van der Waals surface area contributed by atoms with Gasteiger partial charge in [0.2, 0.25) is 0 Å². The predicted octanol–water partition coefficient (Wildman–Crippen LogP) is 2.09. The van der Waals surface area contributed by atoms with E-state index in [9.17, 15) is 4.79 Å². The van der Waals surface area contributed by atoms with Crippen molar-refractivity contribution in [1.29, 1.82) is 0 Å². The number of halogens is 1. The Balaban J connectivity index is 1.99. The van der Waals surface area contributed by atoms with E-state index < -0.39 is 0 Å². The molecule has 0 amide bonds. The van der Waals surface area contributed by atoms with Crippen LogP contribution in [0.5, 0.6) is 0 Å². The minimum Gasteiger partial charge on any atom is -0.368 e. The molecule has 0 N–H and O–H groups in total. The second kappa shape index (κ2) is 3.70. The molecule has 4 heteroatoms. The molecule has 0 radical (unpaired) electrons. The van der Waals surface area contributed by atoms with Crippen molar-refractivity contribution in [3.63, 3.8) is 0 Å². The highest BCUT2D eigenvalue weighted by molar-refractivity contribution is 9.10. The van der Waals surface area contributed by atoms with E-state index in [1.807, 2.05) is 18.2 Å². The van der Waals surface area contributed by atoms with E-state index in [1.54, 1.807) is 6.20 Å². The maximum absolute atomic E-state index is 11.9. The van der Waals surface area contributed by atoms with Crippen molar-refractivity contribution in [3.05, 3.63) is 34.2 Å². The molecule has 1 atom stereocenters. The molecule has 0 aliphatic carbocycles. The third-order valence-corrected chi connectivity index (χ3v) is 3.88. The fraction of sp³-hybridized carbons (Fsp3) is 0.333. The van der Waals surface area contributed by atoms with Gasteiger partial charge in [-0.2, -0.15) is 0 Å². The number of carbonyl (C=O) groups is 1. The number of allylic oxidation sites excluding steroid dienone is 1. The molecule has 16 heavy (non-hydrogen) atoms. The van der Waals surface area contributed by atoms with E-state index in [4.69, 9.17) is 0 Å². The Morgan fingerprint density at radius 3 is 3.12 bits per heavy atom. The van der Waals surface area contributed by atoms with Crippen molar-refractivity contribution in [2.45, 2.75) is 6.42 Å². The third-order valence-electron chi connectivity index (χ3n) is 3.21. The van der Waals surface area contributed by atoms with Gasteiger partial charge < -0.3 is 4.90 Å². The van der Waals surface area contributed by atoms with Crippen LogP contribution in [-0.2, 0) is 4.79 Å². The van der Waals surface area contributed by atoms with Crippen LogP contribution in [-0.4, -0.2) is 28.8 Å². The van der Waals surface area contributed by atoms with Gasteiger partial charge >= 0.3 is 0 Å². The SMILES string of the molecule is O=C1/C(=C/c2ncccc2Br)N2CCC1C2. The van der Waals surface area contributed by atoms with Crippen LogP contribution in [0.3, 0.4) is 0 Å². The van der Waals surface area contributed by atoms with Crippen LogP contribution in [0.1, 0.15) is 12.1 Å². The van der Waals surface area contributed by atoms with Crippen molar-refractivity contribution in [3.8, 4) is 0 Å². The highest BCUT2D eigenvalue weighted by atomic mass is 79.9. The van der Waals surface area contributed by atoms with Crippen molar-refractivity contribution in [2.24, 2.45) is 5.92 Å². The molecular weight excluding hydrogens is 268 g/mol. The van der Waals surface area contributed by atoms with Gasteiger partial charge in [0.25, 0.3) is 0 Å². The number of carbonyl (C=O) groups excluding carboxylic acids is 1. The average molecular weight is 279 g/mol. The first-order valence-corrected chi connectivity index (χ1v) is 6.16. The monoisotopic (exact) mass is 278 g/mol. The van der Waals surface area contributed by atoms with Crippen molar-refractivity contribution in [2.75, 3.05) is 13.1 Å². The standard InChI is InChI=1S/C12H11BrN2O/c13-9-2-1-4-14-10(9)6-11-12(16)8-3-5-15(11)7-8/h1-2,4,6,8H,3,5,7H2/b11-6-. The summed E-state index contributed by atoms with van der Waals surface area (Å²) in [6.07, 6.45) is 4.65. The summed E-state index contributed by atoms with van der Waals surface area (Å²) >= 11 is 3.44. The molecule has 1 aromatic heterocycles.